The number of benzene rings is 1. The molecule has 0 bridgehead atoms. The van der Waals surface area contributed by atoms with Gasteiger partial charge in [-0.25, -0.2) is 9.59 Å². The molecule has 12 heteroatoms. The first-order valence-electron chi connectivity index (χ1n) is 7.70. The number of alkyl halides is 3. The highest BCUT2D eigenvalue weighted by Gasteiger charge is 2.48. The molecule has 0 saturated carbocycles. The third-order valence-corrected chi connectivity index (χ3v) is 4.05. The van der Waals surface area contributed by atoms with E-state index < -0.39 is 39.5 Å². The first-order chi connectivity index (χ1) is 12.5. The van der Waals surface area contributed by atoms with Crippen molar-refractivity contribution in [1.29, 1.82) is 0 Å². The zero-order chi connectivity index (χ0) is 20.7. The molecule has 0 aliphatic carbocycles. The molecule has 1 aromatic carbocycles. The molecule has 0 heterocycles. The summed E-state index contributed by atoms with van der Waals surface area (Å²) in [5.41, 5.74) is 0.410. The van der Waals surface area contributed by atoms with Crippen LogP contribution in [0, 0.1) is 0 Å². The zero-order valence-electron chi connectivity index (χ0n) is 14.2. The van der Waals surface area contributed by atoms with Crippen molar-refractivity contribution >= 4 is 22.2 Å². The molecular formula is C15H18F3NO7S. The number of nitrogens with two attached hydrogens (primary N) is 1. The molecule has 0 amide bonds. The van der Waals surface area contributed by atoms with Gasteiger partial charge >= 0.3 is 27.8 Å². The summed E-state index contributed by atoms with van der Waals surface area (Å²) in [6, 6.07) is 3.13. The average Bonchev–Trinajstić information content (AvgIpc) is 2.55. The predicted molar refractivity (Wildman–Crippen MR) is 86.1 cm³/mol. The van der Waals surface area contributed by atoms with E-state index in [-0.39, 0.29) is 13.0 Å². The number of rotatable bonds is 8. The molecule has 0 spiro atoms. The Morgan fingerprint density at radius 2 is 1.78 bits per heavy atom. The molecular weight excluding hydrogens is 395 g/mol. The number of esters is 1. The second kappa shape index (κ2) is 9.55. The second-order valence-corrected chi connectivity index (χ2v) is 6.85. The van der Waals surface area contributed by atoms with Gasteiger partial charge in [0.25, 0.3) is 0 Å². The molecule has 8 nitrogen and oxygen atoms in total. The monoisotopic (exact) mass is 413 g/mol. The molecule has 0 fully saturated rings. The van der Waals surface area contributed by atoms with E-state index in [4.69, 9.17) is 5.73 Å². The van der Waals surface area contributed by atoms with Crippen LogP contribution in [0.2, 0.25) is 0 Å². The fourth-order valence-corrected chi connectivity index (χ4v) is 2.14. The summed E-state index contributed by atoms with van der Waals surface area (Å²) in [7, 11) is -5.77. The molecule has 1 aromatic rings. The largest absolute Gasteiger partial charge is 0.534 e. The third-order valence-electron chi connectivity index (χ3n) is 3.07. The number of hydrogen-bond donors (Lipinski definition) is 1. The average molecular weight is 413 g/mol. The van der Waals surface area contributed by atoms with Crippen LogP contribution in [0.25, 0.3) is 0 Å². The van der Waals surface area contributed by atoms with Gasteiger partial charge < -0.3 is 19.4 Å². The maximum absolute atomic E-state index is 12.2. The molecule has 0 radical (unpaired) electrons. The molecule has 152 valence electrons. The van der Waals surface area contributed by atoms with Gasteiger partial charge in [-0.1, -0.05) is 25.5 Å². The van der Waals surface area contributed by atoms with Crippen molar-refractivity contribution in [2.24, 2.45) is 5.73 Å². The molecule has 27 heavy (non-hydrogen) atoms. The van der Waals surface area contributed by atoms with Crippen molar-refractivity contribution in [3.8, 4) is 5.75 Å². The second-order valence-electron chi connectivity index (χ2n) is 5.31. The van der Waals surface area contributed by atoms with Gasteiger partial charge in [0.15, 0.2) is 0 Å². The lowest BCUT2D eigenvalue weighted by Crippen LogP contribution is -2.35. The summed E-state index contributed by atoms with van der Waals surface area (Å²) in [4.78, 5) is 22.9. The van der Waals surface area contributed by atoms with Crippen molar-refractivity contribution < 1.29 is 44.8 Å². The van der Waals surface area contributed by atoms with Gasteiger partial charge in [0.1, 0.15) is 11.8 Å². The Labute approximate surface area is 153 Å². The molecule has 2 N–H and O–H groups in total. The quantitative estimate of drug-likeness (QED) is 0.226. The van der Waals surface area contributed by atoms with E-state index in [2.05, 4.69) is 13.7 Å². The Morgan fingerprint density at radius 3 is 2.30 bits per heavy atom. The first-order valence-corrected chi connectivity index (χ1v) is 9.11. The van der Waals surface area contributed by atoms with Crippen LogP contribution in [-0.4, -0.2) is 38.7 Å². The summed E-state index contributed by atoms with van der Waals surface area (Å²) >= 11 is 0. The van der Waals surface area contributed by atoms with Crippen molar-refractivity contribution in [2.45, 2.75) is 37.7 Å². The number of ether oxygens (including phenoxy) is 2. The van der Waals surface area contributed by atoms with E-state index in [9.17, 15) is 31.2 Å². The van der Waals surface area contributed by atoms with Crippen molar-refractivity contribution in [3.63, 3.8) is 0 Å². The van der Waals surface area contributed by atoms with Gasteiger partial charge in [0, 0.05) is 0 Å². The number of carbonyl (C=O) groups is 2. The predicted octanol–water partition coefficient (Wildman–Crippen LogP) is 2.26. The lowest BCUT2D eigenvalue weighted by atomic mass is 10.1. The van der Waals surface area contributed by atoms with E-state index >= 15 is 0 Å². The van der Waals surface area contributed by atoms with Gasteiger partial charge in [-0.15, -0.1) is 0 Å². The van der Waals surface area contributed by atoms with Crippen LogP contribution in [0.15, 0.2) is 24.3 Å². The van der Waals surface area contributed by atoms with Crippen molar-refractivity contribution in [1.82, 2.24) is 0 Å². The maximum Gasteiger partial charge on any atom is 0.534 e. The fourth-order valence-electron chi connectivity index (χ4n) is 1.68. The Kier molecular flexibility index (Phi) is 8.03. The highest BCUT2D eigenvalue weighted by Crippen LogP contribution is 2.27. The van der Waals surface area contributed by atoms with Crippen LogP contribution in [0.5, 0.6) is 5.75 Å². The normalized spacial score (nSPS) is 12.9. The van der Waals surface area contributed by atoms with Crippen LogP contribution in [0.3, 0.4) is 0 Å². The van der Waals surface area contributed by atoms with Crippen LogP contribution < -0.4 is 9.92 Å². The lowest BCUT2D eigenvalue weighted by Gasteiger charge is -2.12. The molecule has 0 saturated heterocycles. The zero-order valence-corrected chi connectivity index (χ0v) is 15.0. The van der Waals surface area contributed by atoms with Gasteiger partial charge in [-0.2, -0.15) is 21.6 Å². The Morgan fingerprint density at radius 1 is 1.19 bits per heavy atom. The van der Waals surface area contributed by atoms with E-state index in [0.717, 1.165) is 18.6 Å². The SMILES string of the molecule is CCCCOC(=O)OC(=O)[C@@H](N)Cc1ccc(OS(=O)(=O)C(F)(F)F)cc1. The van der Waals surface area contributed by atoms with Gasteiger partial charge in [0.05, 0.1) is 6.61 Å². The number of carbonyl (C=O) groups excluding carboxylic acids is 2. The summed E-state index contributed by atoms with van der Waals surface area (Å²) in [5.74, 6) is -1.61. The topological polar surface area (TPSA) is 122 Å². The minimum Gasteiger partial charge on any atom is -0.434 e. The standard InChI is InChI=1S/C15H18F3NO7S/c1-2-3-8-24-14(21)25-13(20)12(19)9-10-4-6-11(7-5-10)26-27(22,23)15(16,17)18/h4-7,12H,2-3,8-9,19H2,1H3/t12-/m0/s1. The van der Waals surface area contributed by atoms with Gasteiger partial charge in [-0.3, -0.25) is 0 Å². The van der Waals surface area contributed by atoms with Crippen LogP contribution in [-0.2, 0) is 30.8 Å². The lowest BCUT2D eigenvalue weighted by molar-refractivity contribution is -0.141. The Bertz CT molecular complexity index is 748. The first kappa shape index (κ1) is 22.7. The molecule has 0 aliphatic heterocycles. The minimum atomic E-state index is -5.77. The number of unbranched alkanes of at least 4 members (excludes halogenated alkanes) is 1. The Hall–Kier alpha value is -2.34. The number of halogens is 3. The minimum absolute atomic E-state index is 0.0974. The van der Waals surface area contributed by atoms with Gasteiger partial charge in [0.2, 0.25) is 0 Å². The van der Waals surface area contributed by atoms with Crippen molar-refractivity contribution in [2.75, 3.05) is 6.61 Å². The fraction of sp³-hybridized carbons (Fsp3) is 0.467. The smallest absolute Gasteiger partial charge is 0.434 e. The summed E-state index contributed by atoms with van der Waals surface area (Å²) in [6.45, 7) is 1.98. The summed E-state index contributed by atoms with van der Waals surface area (Å²) < 4.78 is 71.5. The number of hydrogen-bond acceptors (Lipinski definition) is 8. The molecule has 0 aliphatic rings. The van der Waals surface area contributed by atoms with E-state index in [1.165, 1.54) is 12.1 Å². The molecule has 0 aromatic heterocycles. The highest BCUT2D eigenvalue weighted by atomic mass is 32.2. The maximum atomic E-state index is 12.2. The van der Waals surface area contributed by atoms with Gasteiger partial charge in [-0.05, 0) is 30.5 Å². The Balaban J connectivity index is 2.59. The van der Waals surface area contributed by atoms with Crippen LogP contribution in [0.4, 0.5) is 18.0 Å². The van der Waals surface area contributed by atoms with Crippen LogP contribution in [0.1, 0.15) is 25.3 Å². The summed E-state index contributed by atoms with van der Waals surface area (Å²) in [6.07, 6.45) is 0.0938. The van der Waals surface area contributed by atoms with E-state index in [0.29, 0.717) is 12.0 Å². The molecule has 0 unspecified atom stereocenters. The van der Waals surface area contributed by atoms with Crippen molar-refractivity contribution in [3.05, 3.63) is 29.8 Å². The molecule has 1 atom stereocenters. The van der Waals surface area contributed by atoms with Crippen LogP contribution >= 0.6 is 0 Å². The third kappa shape index (κ3) is 7.43. The molecule has 1 rings (SSSR count). The van der Waals surface area contributed by atoms with E-state index in [1.807, 2.05) is 6.92 Å². The summed E-state index contributed by atoms with van der Waals surface area (Å²) in [5, 5.41) is 0. The van der Waals surface area contributed by atoms with E-state index in [1.54, 1.807) is 0 Å². The highest BCUT2D eigenvalue weighted by molar-refractivity contribution is 7.88.